The smallest absolute Gasteiger partial charge is 0.235 e. The van der Waals surface area contributed by atoms with Crippen LogP contribution in [0.25, 0.3) is 0 Å². The molecular weight excluding hydrogens is 362 g/mol. The third kappa shape index (κ3) is 6.26. The summed E-state index contributed by atoms with van der Waals surface area (Å²) in [5.74, 6) is 0.910. The molecule has 1 saturated carbocycles. The van der Waals surface area contributed by atoms with Crippen molar-refractivity contribution in [3.05, 3.63) is 35.9 Å². The van der Waals surface area contributed by atoms with E-state index in [-0.39, 0.29) is 30.9 Å². The van der Waals surface area contributed by atoms with E-state index in [1.807, 2.05) is 18.2 Å². The second-order valence-corrected chi connectivity index (χ2v) is 8.78. The largest absolute Gasteiger partial charge is 0.351 e. The van der Waals surface area contributed by atoms with Crippen molar-refractivity contribution in [3.63, 3.8) is 0 Å². The van der Waals surface area contributed by atoms with Crippen molar-refractivity contribution in [2.24, 2.45) is 11.8 Å². The summed E-state index contributed by atoms with van der Waals surface area (Å²) in [4.78, 5) is 14.4. The summed E-state index contributed by atoms with van der Waals surface area (Å²) in [5.41, 5.74) is 1.28. The fraction of sp³-hybridized carbons (Fsp3) is 0.588. The van der Waals surface area contributed by atoms with Gasteiger partial charge in [-0.05, 0) is 30.2 Å². The molecule has 0 bridgehead atoms. The normalized spacial score (nSPS) is 23.9. The van der Waals surface area contributed by atoms with Gasteiger partial charge in [-0.15, -0.1) is 12.4 Å². The van der Waals surface area contributed by atoms with E-state index < -0.39 is 10.0 Å². The number of nitrogens with zero attached hydrogens (tertiary/aromatic N) is 1. The first-order valence-electron chi connectivity index (χ1n) is 8.41. The predicted molar refractivity (Wildman–Crippen MR) is 100.0 cm³/mol. The first kappa shape index (κ1) is 20.2. The van der Waals surface area contributed by atoms with Gasteiger partial charge in [0.05, 0.1) is 12.8 Å². The van der Waals surface area contributed by atoms with Gasteiger partial charge in [-0.3, -0.25) is 9.69 Å². The van der Waals surface area contributed by atoms with Gasteiger partial charge in [0.1, 0.15) is 0 Å². The van der Waals surface area contributed by atoms with Crippen molar-refractivity contribution in [3.8, 4) is 0 Å². The van der Waals surface area contributed by atoms with E-state index in [1.165, 1.54) is 18.4 Å². The highest BCUT2D eigenvalue weighted by atomic mass is 35.5. The van der Waals surface area contributed by atoms with Crippen molar-refractivity contribution >= 4 is 28.3 Å². The molecule has 140 valence electrons. The Balaban J connectivity index is 0.00000225. The molecule has 2 fully saturated rings. The maximum Gasteiger partial charge on any atom is 0.235 e. The monoisotopic (exact) mass is 387 g/mol. The molecule has 1 aliphatic heterocycles. The molecule has 1 aromatic carbocycles. The number of nitrogens with one attached hydrogen (secondary N) is 2. The zero-order valence-corrected chi connectivity index (χ0v) is 16.0. The van der Waals surface area contributed by atoms with Gasteiger partial charge in [0.2, 0.25) is 15.9 Å². The highest BCUT2D eigenvalue weighted by Crippen LogP contribution is 2.41. The summed E-state index contributed by atoms with van der Waals surface area (Å²) < 4.78 is 24.5. The molecule has 0 unspecified atom stereocenters. The lowest BCUT2D eigenvalue weighted by molar-refractivity contribution is -0.120. The molecule has 2 N–H and O–H groups in total. The number of rotatable bonds is 7. The summed E-state index contributed by atoms with van der Waals surface area (Å²) in [6, 6.07) is 10.4. The van der Waals surface area contributed by atoms with Crippen molar-refractivity contribution in [2.75, 3.05) is 25.9 Å². The Morgan fingerprint density at radius 1 is 1.20 bits per heavy atom. The Hall–Kier alpha value is -1.15. The molecule has 3 rings (SSSR count). The summed E-state index contributed by atoms with van der Waals surface area (Å²) in [6.07, 6.45) is 3.53. The fourth-order valence-corrected chi connectivity index (χ4v) is 3.89. The number of amides is 1. The number of halogens is 1. The first-order valence-corrected chi connectivity index (χ1v) is 10.3. The first-order chi connectivity index (χ1) is 11.4. The van der Waals surface area contributed by atoms with Crippen molar-refractivity contribution in [1.29, 1.82) is 0 Å². The van der Waals surface area contributed by atoms with Crippen LogP contribution in [0.1, 0.15) is 18.4 Å². The number of hydrogen-bond acceptors (Lipinski definition) is 4. The number of benzene rings is 1. The van der Waals surface area contributed by atoms with E-state index >= 15 is 0 Å². The van der Waals surface area contributed by atoms with E-state index in [1.54, 1.807) is 0 Å². The fourth-order valence-electron chi connectivity index (χ4n) is 3.49. The molecule has 1 aliphatic carbocycles. The molecule has 0 spiro atoms. The van der Waals surface area contributed by atoms with Gasteiger partial charge in [0.15, 0.2) is 0 Å². The maximum absolute atomic E-state index is 12.0. The van der Waals surface area contributed by atoms with E-state index in [4.69, 9.17) is 0 Å². The van der Waals surface area contributed by atoms with Gasteiger partial charge in [-0.25, -0.2) is 13.1 Å². The van der Waals surface area contributed by atoms with Crippen molar-refractivity contribution < 1.29 is 13.2 Å². The second-order valence-electron chi connectivity index (χ2n) is 6.95. The van der Waals surface area contributed by atoms with Crippen LogP contribution in [0, 0.1) is 11.8 Å². The van der Waals surface area contributed by atoms with Crippen LogP contribution in [0.4, 0.5) is 0 Å². The minimum atomic E-state index is -3.34. The van der Waals surface area contributed by atoms with Crippen molar-refractivity contribution in [2.45, 2.75) is 25.4 Å². The lowest BCUT2D eigenvalue weighted by Gasteiger charge is -2.19. The molecule has 1 aromatic rings. The lowest BCUT2D eigenvalue weighted by atomic mass is 9.98. The Labute approximate surface area is 155 Å². The van der Waals surface area contributed by atoms with Crippen LogP contribution in [0.5, 0.6) is 0 Å². The zero-order chi connectivity index (χ0) is 17.2. The predicted octanol–water partition coefficient (Wildman–Crippen LogP) is 0.984. The number of sulfonamides is 1. The number of likely N-dealkylation sites (tertiary alicyclic amines) is 1. The second kappa shape index (κ2) is 8.49. The van der Waals surface area contributed by atoms with E-state index in [2.05, 4.69) is 27.1 Å². The Morgan fingerprint density at radius 3 is 2.48 bits per heavy atom. The molecule has 25 heavy (non-hydrogen) atoms. The molecule has 8 heteroatoms. The van der Waals surface area contributed by atoms with Crippen molar-refractivity contribution in [1.82, 2.24) is 14.9 Å². The highest BCUT2D eigenvalue weighted by molar-refractivity contribution is 7.88. The Kier molecular flexibility index (Phi) is 6.85. The molecule has 1 heterocycles. The molecule has 6 nitrogen and oxygen atoms in total. The minimum Gasteiger partial charge on any atom is -0.351 e. The van der Waals surface area contributed by atoms with Crippen LogP contribution >= 0.6 is 12.4 Å². The van der Waals surface area contributed by atoms with Crippen LogP contribution in [0.2, 0.25) is 0 Å². The average Bonchev–Trinajstić information content (AvgIpc) is 3.29. The quantitative estimate of drug-likeness (QED) is 0.731. The summed E-state index contributed by atoms with van der Waals surface area (Å²) in [6.45, 7) is 2.51. The third-order valence-electron chi connectivity index (χ3n) is 4.76. The summed E-state index contributed by atoms with van der Waals surface area (Å²) >= 11 is 0. The summed E-state index contributed by atoms with van der Waals surface area (Å²) in [5, 5.41) is 3.03. The molecule has 1 saturated heterocycles. The van der Waals surface area contributed by atoms with Crippen LogP contribution in [0.3, 0.4) is 0 Å². The molecular formula is C17H26ClN3O3S. The van der Waals surface area contributed by atoms with Gasteiger partial charge >= 0.3 is 0 Å². The summed E-state index contributed by atoms with van der Waals surface area (Å²) in [7, 11) is -3.34. The number of carbonyl (C=O) groups excluding carboxylic acids is 1. The Morgan fingerprint density at radius 2 is 1.88 bits per heavy atom. The van der Waals surface area contributed by atoms with Gasteiger partial charge in [-0.2, -0.15) is 0 Å². The lowest BCUT2D eigenvalue weighted by Crippen LogP contribution is -2.45. The molecule has 2 aliphatic rings. The average molecular weight is 388 g/mol. The standard InChI is InChI=1S/C17H25N3O3S.ClH/c1-24(22,23)18-9-17(21)19-16-12-20(11-15(16)14-7-8-14)10-13-5-3-2-4-6-13;/h2-6,14-16,18H,7-12H2,1H3,(H,19,21);1H/t15-,16+;/m1./s1. The molecule has 2 atom stereocenters. The van der Waals surface area contributed by atoms with Crippen LogP contribution < -0.4 is 10.0 Å². The van der Waals surface area contributed by atoms with E-state index in [0.717, 1.165) is 25.9 Å². The Bertz CT molecular complexity index is 680. The van der Waals surface area contributed by atoms with E-state index in [9.17, 15) is 13.2 Å². The van der Waals surface area contributed by atoms with E-state index in [0.29, 0.717) is 11.8 Å². The maximum atomic E-state index is 12.0. The highest BCUT2D eigenvalue weighted by Gasteiger charge is 2.42. The SMILES string of the molecule is CS(=O)(=O)NCC(=O)N[C@H]1CN(Cc2ccccc2)C[C@@H]1C1CC1.Cl. The topological polar surface area (TPSA) is 78.5 Å². The zero-order valence-electron chi connectivity index (χ0n) is 14.3. The van der Waals surface area contributed by atoms with Crippen LogP contribution in [-0.4, -0.2) is 51.2 Å². The van der Waals surface area contributed by atoms with Gasteiger partial charge in [-0.1, -0.05) is 30.3 Å². The van der Waals surface area contributed by atoms with Gasteiger partial charge in [0.25, 0.3) is 0 Å². The van der Waals surface area contributed by atoms with Gasteiger partial charge in [0, 0.05) is 25.7 Å². The molecule has 0 radical (unpaired) electrons. The number of hydrogen-bond donors (Lipinski definition) is 2. The van der Waals surface area contributed by atoms with Crippen LogP contribution in [0.15, 0.2) is 30.3 Å². The van der Waals surface area contributed by atoms with Gasteiger partial charge < -0.3 is 5.32 Å². The minimum absolute atomic E-state index is 0. The number of carbonyl (C=O) groups is 1. The molecule has 1 amide bonds. The molecule has 0 aromatic heterocycles. The third-order valence-corrected chi connectivity index (χ3v) is 5.43. The van der Waals surface area contributed by atoms with Crippen LogP contribution in [-0.2, 0) is 21.4 Å².